The molecule has 1 fully saturated rings. The maximum atomic E-state index is 12.5. The van der Waals surface area contributed by atoms with Gasteiger partial charge in [0.25, 0.3) is 0 Å². The first kappa shape index (κ1) is 15.4. The van der Waals surface area contributed by atoms with Crippen LogP contribution >= 0.6 is 0 Å². The van der Waals surface area contributed by atoms with Gasteiger partial charge in [0.1, 0.15) is 0 Å². The van der Waals surface area contributed by atoms with E-state index in [1.807, 2.05) is 4.90 Å². The van der Waals surface area contributed by atoms with Gasteiger partial charge in [-0.15, -0.1) is 0 Å². The predicted octanol–water partition coefficient (Wildman–Crippen LogP) is 1.63. The standard InChI is InChI=1S/C14H28N2O2/c1-4-5-13(10-15)14(17)16(8-9-18-3)11(2)12-6-7-12/h11-13H,4-10,15H2,1-3H3. The monoisotopic (exact) mass is 256 g/mol. The van der Waals surface area contributed by atoms with Crippen LogP contribution in [0.4, 0.5) is 0 Å². The molecule has 2 N–H and O–H groups in total. The minimum absolute atomic E-state index is 0.0203. The van der Waals surface area contributed by atoms with Crippen LogP contribution < -0.4 is 5.73 Å². The number of nitrogens with zero attached hydrogens (tertiary/aromatic N) is 1. The van der Waals surface area contributed by atoms with Gasteiger partial charge in [0, 0.05) is 26.2 Å². The number of hydrogen-bond donors (Lipinski definition) is 1. The molecule has 0 spiro atoms. The van der Waals surface area contributed by atoms with E-state index in [0.717, 1.165) is 12.8 Å². The van der Waals surface area contributed by atoms with Crippen molar-refractivity contribution in [3.05, 3.63) is 0 Å². The lowest BCUT2D eigenvalue weighted by Gasteiger charge is -2.32. The van der Waals surface area contributed by atoms with Crippen molar-refractivity contribution in [2.24, 2.45) is 17.6 Å². The zero-order chi connectivity index (χ0) is 13.5. The van der Waals surface area contributed by atoms with E-state index in [1.54, 1.807) is 7.11 Å². The zero-order valence-corrected chi connectivity index (χ0v) is 12.0. The molecular formula is C14H28N2O2. The Labute approximate surface area is 111 Å². The van der Waals surface area contributed by atoms with Crippen molar-refractivity contribution in [1.29, 1.82) is 0 Å². The maximum absolute atomic E-state index is 12.5. The van der Waals surface area contributed by atoms with Crippen molar-refractivity contribution in [2.75, 3.05) is 26.8 Å². The molecule has 0 aromatic carbocycles. The molecule has 1 amide bonds. The van der Waals surface area contributed by atoms with E-state index >= 15 is 0 Å². The fourth-order valence-electron chi connectivity index (χ4n) is 2.46. The van der Waals surface area contributed by atoms with E-state index in [4.69, 9.17) is 10.5 Å². The normalized spacial score (nSPS) is 18.4. The molecule has 1 rings (SSSR count). The van der Waals surface area contributed by atoms with Crippen molar-refractivity contribution in [2.45, 2.75) is 45.6 Å². The third kappa shape index (κ3) is 4.25. The van der Waals surface area contributed by atoms with Crippen LogP contribution in [0.15, 0.2) is 0 Å². The van der Waals surface area contributed by atoms with E-state index in [1.165, 1.54) is 12.8 Å². The predicted molar refractivity (Wildman–Crippen MR) is 73.2 cm³/mol. The van der Waals surface area contributed by atoms with Crippen LogP contribution in [-0.2, 0) is 9.53 Å². The summed E-state index contributed by atoms with van der Waals surface area (Å²) in [4.78, 5) is 14.5. The molecule has 18 heavy (non-hydrogen) atoms. The van der Waals surface area contributed by atoms with Crippen LogP contribution in [0.25, 0.3) is 0 Å². The van der Waals surface area contributed by atoms with Gasteiger partial charge in [-0.05, 0) is 32.1 Å². The molecule has 0 saturated heterocycles. The average Bonchev–Trinajstić information content (AvgIpc) is 3.20. The second kappa shape index (κ2) is 7.74. The molecule has 2 atom stereocenters. The highest BCUT2D eigenvalue weighted by Gasteiger charge is 2.35. The van der Waals surface area contributed by atoms with Crippen molar-refractivity contribution < 1.29 is 9.53 Å². The molecule has 1 aliphatic rings. The molecule has 4 heteroatoms. The van der Waals surface area contributed by atoms with Gasteiger partial charge in [0.2, 0.25) is 5.91 Å². The Morgan fingerprint density at radius 1 is 1.50 bits per heavy atom. The van der Waals surface area contributed by atoms with Crippen molar-refractivity contribution in [3.8, 4) is 0 Å². The van der Waals surface area contributed by atoms with Crippen LogP contribution in [0.5, 0.6) is 0 Å². The van der Waals surface area contributed by atoms with Crippen LogP contribution in [0, 0.1) is 11.8 Å². The second-order valence-corrected chi connectivity index (χ2v) is 5.32. The SMILES string of the molecule is CCCC(CN)C(=O)N(CCOC)C(C)C1CC1. The first-order chi connectivity index (χ1) is 8.65. The fourth-order valence-corrected chi connectivity index (χ4v) is 2.46. The molecular weight excluding hydrogens is 228 g/mol. The molecule has 2 unspecified atom stereocenters. The lowest BCUT2D eigenvalue weighted by Crippen LogP contribution is -2.46. The lowest BCUT2D eigenvalue weighted by molar-refractivity contribution is -0.138. The van der Waals surface area contributed by atoms with Gasteiger partial charge in [-0.2, -0.15) is 0 Å². The number of rotatable bonds is 9. The molecule has 106 valence electrons. The molecule has 0 bridgehead atoms. The van der Waals surface area contributed by atoms with Gasteiger partial charge in [-0.3, -0.25) is 4.79 Å². The van der Waals surface area contributed by atoms with E-state index in [2.05, 4.69) is 13.8 Å². The first-order valence-corrected chi connectivity index (χ1v) is 7.15. The average molecular weight is 256 g/mol. The number of methoxy groups -OCH3 is 1. The highest BCUT2D eigenvalue weighted by molar-refractivity contribution is 5.79. The Kier molecular flexibility index (Phi) is 6.65. The first-order valence-electron chi connectivity index (χ1n) is 7.15. The Hall–Kier alpha value is -0.610. The summed E-state index contributed by atoms with van der Waals surface area (Å²) >= 11 is 0. The summed E-state index contributed by atoms with van der Waals surface area (Å²) in [5.41, 5.74) is 5.74. The number of hydrogen-bond acceptors (Lipinski definition) is 3. The van der Waals surface area contributed by atoms with Gasteiger partial charge >= 0.3 is 0 Å². The highest BCUT2D eigenvalue weighted by Crippen LogP contribution is 2.35. The van der Waals surface area contributed by atoms with E-state index < -0.39 is 0 Å². The Balaban J connectivity index is 2.63. The minimum atomic E-state index is -0.0203. The number of ether oxygens (including phenoxy) is 1. The number of carbonyl (C=O) groups is 1. The van der Waals surface area contributed by atoms with Crippen LogP contribution in [0.1, 0.15) is 39.5 Å². The molecule has 0 aromatic heterocycles. The lowest BCUT2D eigenvalue weighted by atomic mass is 10.0. The molecule has 0 aliphatic heterocycles. The number of nitrogens with two attached hydrogens (primary N) is 1. The Morgan fingerprint density at radius 3 is 2.61 bits per heavy atom. The summed E-state index contributed by atoms with van der Waals surface area (Å²) in [5.74, 6) is 0.884. The summed E-state index contributed by atoms with van der Waals surface area (Å²) < 4.78 is 5.12. The van der Waals surface area contributed by atoms with Gasteiger partial charge in [-0.1, -0.05) is 13.3 Å². The molecule has 0 heterocycles. The van der Waals surface area contributed by atoms with Gasteiger partial charge in [-0.25, -0.2) is 0 Å². The zero-order valence-electron chi connectivity index (χ0n) is 12.0. The minimum Gasteiger partial charge on any atom is -0.383 e. The van der Waals surface area contributed by atoms with Gasteiger partial charge < -0.3 is 15.4 Å². The van der Waals surface area contributed by atoms with E-state index in [0.29, 0.717) is 31.7 Å². The van der Waals surface area contributed by atoms with Gasteiger partial charge in [0.15, 0.2) is 0 Å². The Morgan fingerprint density at radius 2 is 2.17 bits per heavy atom. The summed E-state index contributed by atoms with van der Waals surface area (Å²) in [6, 6.07) is 0.332. The summed E-state index contributed by atoms with van der Waals surface area (Å²) in [5, 5.41) is 0. The van der Waals surface area contributed by atoms with E-state index in [9.17, 15) is 4.79 Å². The number of carbonyl (C=O) groups excluding carboxylic acids is 1. The molecule has 4 nitrogen and oxygen atoms in total. The van der Waals surface area contributed by atoms with E-state index in [-0.39, 0.29) is 11.8 Å². The molecule has 1 aliphatic carbocycles. The smallest absolute Gasteiger partial charge is 0.227 e. The van der Waals surface area contributed by atoms with Crippen molar-refractivity contribution >= 4 is 5.91 Å². The summed E-state index contributed by atoms with van der Waals surface area (Å²) in [6.45, 7) is 6.00. The summed E-state index contributed by atoms with van der Waals surface area (Å²) in [7, 11) is 1.68. The Bertz CT molecular complexity index is 254. The maximum Gasteiger partial charge on any atom is 0.227 e. The van der Waals surface area contributed by atoms with Crippen molar-refractivity contribution in [3.63, 3.8) is 0 Å². The highest BCUT2D eigenvalue weighted by atomic mass is 16.5. The number of amides is 1. The summed E-state index contributed by atoms with van der Waals surface area (Å²) in [6.07, 6.45) is 4.39. The molecule has 0 radical (unpaired) electrons. The molecule has 0 aromatic rings. The van der Waals surface area contributed by atoms with Crippen LogP contribution in [0.2, 0.25) is 0 Å². The largest absolute Gasteiger partial charge is 0.383 e. The van der Waals surface area contributed by atoms with Gasteiger partial charge in [0.05, 0.1) is 12.5 Å². The third-order valence-corrected chi connectivity index (χ3v) is 3.89. The topological polar surface area (TPSA) is 55.6 Å². The second-order valence-electron chi connectivity index (χ2n) is 5.32. The third-order valence-electron chi connectivity index (χ3n) is 3.89. The van der Waals surface area contributed by atoms with Crippen LogP contribution in [0.3, 0.4) is 0 Å². The quantitative estimate of drug-likeness (QED) is 0.682. The fraction of sp³-hybridized carbons (Fsp3) is 0.929. The van der Waals surface area contributed by atoms with Crippen molar-refractivity contribution in [1.82, 2.24) is 4.90 Å². The van der Waals surface area contributed by atoms with Crippen LogP contribution in [-0.4, -0.2) is 43.7 Å². The molecule has 1 saturated carbocycles.